The molecule has 3 N–H and O–H groups in total. The van der Waals surface area contributed by atoms with Gasteiger partial charge in [0.05, 0.1) is 26.3 Å². The average Bonchev–Trinajstić information content (AvgIpc) is 3.18. The van der Waals surface area contributed by atoms with Gasteiger partial charge in [0.25, 0.3) is 0 Å². The lowest BCUT2D eigenvalue weighted by atomic mass is 10.1. The Bertz CT molecular complexity index is 977. The summed E-state index contributed by atoms with van der Waals surface area (Å²) in [6.07, 6.45) is -0.120. The van der Waals surface area contributed by atoms with Crippen molar-refractivity contribution in [2.75, 3.05) is 6.54 Å². The van der Waals surface area contributed by atoms with E-state index < -0.39 is 44.5 Å². The Hall–Kier alpha value is -1.86. The number of carbonyl (C=O) groups excluding carboxylic acids is 1. The first-order valence-corrected chi connectivity index (χ1v) is 10.2. The molecule has 144 valence electrons. The summed E-state index contributed by atoms with van der Waals surface area (Å²) >= 11 is 11.9. The molecule has 27 heavy (non-hydrogen) atoms. The number of benzene rings is 1. The number of primary amides is 1. The van der Waals surface area contributed by atoms with Crippen LogP contribution in [0.25, 0.3) is 0 Å². The van der Waals surface area contributed by atoms with Crippen LogP contribution in [0.4, 0.5) is 0 Å². The van der Waals surface area contributed by atoms with Gasteiger partial charge in [-0.1, -0.05) is 29.3 Å². The number of carboxylic acid groups (broad SMARTS) is 1. The highest BCUT2D eigenvalue weighted by Crippen LogP contribution is 2.51. The summed E-state index contributed by atoms with van der Waals surface area (Å²) < 4.78 is 26.0. The Morgan fingerprint density at radius 1 is 1.37 bits per heavy atom. The van der Waals surface area contributed by atoms with E-state index >= 15 is 0 Å². The second-order valence-electron chi connectivity index (χ2n) is 6.67. The fourth-order valence-electron chi connectivity index (χ4n) is 3.60. The molecule has 1 aromatic rings. The first-order chi connectivity index (χ1) is 12.6. The van der Waals surface area contributed by atoms with Crippen LogP contribution >= 0.6 is 23.2 Å². The summed E-state index contributed by atoms with van der Waals surface area (Å²) in [6.45, 7) is -0.149. The second kappa shape index (κ2) is 6.63. The molecule has 0 aromatic heterocycles. The number of aliphatic carboxylic acids is 1. The molecule has 0 radical (unpaired) electrons. The Morgan fingerprint density at radius 2 is 2.04 bits per heavy atom. The lowest BCUT2D eigenvalue weighted by Crippen LogP contribution is -2.42. The van der Waals surface area contributed by atoms with Crippen molar-refractivity contribution in [2.24, 2.45) is 11.1 Å². The lowest BCUT2D eigenvalue weighted by Gasteiger charge is -2.22. The van der Waals surface area contributed by atoms with E-state index in [2.05, 4.69) is 0 Å². The molecule has 8 nitrogen and oxygen atoms in total. The molecular weight excluding hydrogens is 417 g/mol. The summed E-state index contributed by atoms with van der Waals surface area (Å²) in [5.41, 5.74) is 3.80. The Kier molecular flexibility index (Phi) is 4.89. The van der Waals surface area contributed by atoms with Crippen molar-refractivity contribution in [3.05, 3.63) is 28.2 Å². The number of amides is 1. The van der Waals surface area contributed by atoms with Crippen molar-refractivity contribution >= 4 is 44.9 Å². The van der Waals surface area contributed by atoms with Crippen molar-refractivity contribution in [1.29, 1.82) is 5.26 Å². The van der Waals surface area contributed by atoms with E-state index in [1.165, 1.54) is 23.1 Å². The Labute approximate surface area is 165 Å². The van der Waals surface area contributed by atoms with Crippen molar-refractivity contribution in [2.45, 2.75) is 35.1 Å². The zero-order valence-corrected chi connectivity index (χ0v) is 16.1. The van der Waals surface area contributed by atoms with Gasteiger partial charge in [0.1, 0.15) is 6.04 Å². The molecule has 2 aliphatic rings. The van der Waals surface area contributed by atoms with E-state index in [4.69, 9.17) is 28.9 Å². The highest BCUT2D eigenvalue weighted by Gasteiger charge is 2.66. The van der Waals surface area contributed by atoms with Crippen LogP contribution in [0.3, 0.4) is 0 Å². The van der Waals surface area contributed by atoms with Crippen LogP contribution in [0, 0.1) is 16.7 Å². The topological polar surface area (TPSA) is 142 Å². The molecule has 11 heteroatoms. The largest absolute Gasteiger partial charge is 0.480 e. The van der Waals surface area contributed by atoms with Gasteiger partial charge in [0.15, 0.2) is 15.3 Å². The fourth-order valence-corrected chi connectivity index (χ4v) is 6.07. The molecule has 1 amide bonds. The van der Waals surface area contributed by atoms with Crippen LogP contribution in [0.5, 0.6) is 0 Å². The minimum absolute atomic E-state index is 0.0711. The van der Waals surface area contributed by atoms with Crippen LogP contribution in [-0.2, 0) is 19.4 Å². The highest BCUT2D eigenvalue weighted by molar-refractivity contribution is 7.92. The maximum Gasteiger partial charge on any atom is 0.320 e. The third-order valence-corrected chi connectivity index (χ3v) is 8.31. The van der Waals surface area contributed by atoms with Gasteiger partial charge < -0.3 is 10.8 Å². The number of hydrogen-bond donors (Lipinski definition) is 2. The first kappa shape index (κ1) is 19.9. The standard InChI is InChI=1S/C16H15Cl2N3O5S/c17-9-2-1-3-11(13(9)18)27(25,26)8-4-10(14(22)23)21(6-8)12-5-16(12,7-19)15(20)24/h1-3,8,10,12H,4-6H2,(H2,20,24)(H,22,23)/t8-,10+,12?,16?/m1/s1. The van der Waals surface area contributed by atoms with Gasteiger partial charge in [-0.25, -0.2) is 8.42 Å². The predicted octanol–water partition coefficient (Wildman–Crippen LogP) is 1.06. The molecule has 1 heterocycles. The molecule has 1 saturated carbocycles. The highest BCUT2D eigenvalue weighted by atomic mass is 35.5. The monoisotopic (exact) mass is 431 g/mol. The van der Waals surface area contributed by atoms with Crippen LogP contribution in [-0.4, -0.2) is 54.2 Å². The third-order valence-electron chi connectivity index (χ3n) is 5.21. The zero-order chi connectivity index (χ0) is 20.1. The third kappa shape index (κ3) is 3.06. The number of sulfone groups is 1. The number of carboxylic acids is 1. The van der Waals surface area contributed by atoms with E-state index in [1.807, 2.05) is 6.07 Å². The lowest BCUT2D eigenvalue weighted by molar-refractivity contribution is -0.142. The van der Waals surface area contributed by atoms with Crippen LogP contribution < -0.4 is 5.73 Å². The summed E-state index contributed by atoms with van der Waals surface area (Å²) in [7, 11) is -3.98. The van der Waals surface area contributed by atoms with Crippen molar-refractivity contribution in [3.8, 4) is 6.07 Å². The van der Waals surface area contributed by atoms with Crippen LogP contribution in [0.1, 0.15) is 12.8 Å². The molecule has 1 aliphatic heterocycles. The van der Waals surface area contributed by atoms with Gasteiger partial charge in [-0.2, -0.15) is 5.26 Å². The van der Waals surface area contributed by atoms with Gasteiger partial charge >= 0.3 is 5.97 Å². The Morgan fingerprint density at radius 3 is 2.56 bits per heavy atom. The van der Waals surface area contributed by atoms with E-state index in [0.717, 1.165) is 0 Å². The molecule has 0 spiro atoms. The number of nitriles is 1. The molecule has 1 aliphatic carbocycles. The summed E-state index contributed by atoms with van der Waals surface area (Å²) in [6, 6.07) is 4.16. The number of rotatable bonds is 5. The van der Waals surface area contributed by atoms with E-state index in [9.17, 15) is 28.4 Å². The molecule has 1 aromatic carbocycles. The number of nitrogens with zero attached hydrogens (tertiary/aromatic N) is 2. The van der Waals surface area contributed by atoms with Gasteiger partial charge in [-0.15, -0.1) is 0 Å². The minimum Gasteiger partial charge on any atom is -0.480 e. The molecule has 2 unspecified atom stereocenters. The number of carbonyl (C=O) groups is 2. The minimum atomic E-state index is -3.98. The summed E-state index contributed by atoms with van der Waals surface area (Å²) in [4.78, 5) is 24.5. The number of halogens is 2. The maximum absolute atomic E-state index is 13.0. The number of likely N-dealkylation sites (tertiary alicyclic amines) is 1. The molecule has 1 saturated heterocycles. The molecule has 3 rings (SSSR count). The maximum atomic E-state index is 13.0. The van der Waals surface area contributed by atoms with Crippen molar-refractivity contribution in [3.63, 3.8) is 0 Å². The quantitative estimate of drug-likeness (QED) is 0.709. The van der Waals surface area contributed by atoms with Gasteiger partial charge in [0, 0.05) is 12.6 Å². The van der Waals surface area contributed by atoms with Gasteiger partial charge in [-0.05, 0) is 25.0 Å². The molecule has 4 atom stereocenters. The van der Waals surface area contributed by atoms with Gasteiger partial charge in [0.2, 0.25) is 5.91 Å². The Balaban J connectivity index is 1.94. The SMILES string of the molecule is N#CC1(C(N)=O)CC1N1C[C@H](S(=O)(=O)c2cccc(Cl)c2Cl)C[C@H]1C(=O)O. The number of nitrogens with two attached hydrogens (primary N) is 1. The van der Waals surface area contributed by atoms with E-state index in [1.54, 1.807) is 0 Å². The van der Waals surface area contributed by atoms with E-state index in [0.29, 0.717) is 0 Å². The molecular formula is C16H15Cl2N3O5S. The van der Waals surface area contributed by atoms with E-state index in [-0.39, 0.29) is 34.3 Å². The normalized spacial score (nSPS) is 30.6. The van der Waals surface area contributed by atoms with Gasteiger partial charge in [-0.3, -0.25) is 14.5 Å². The van der Waals surface area contributed by atoms with Crippen LogP contribution in [0.15, 0.2) is 23.1 Å². The van der Waals surface area contributed by atoms with Crippen molar-refractivity contribution in [1.82, 2.24) is 4.90 Å². The predicted molar refractivity (Wildman–Crippen MR) is 95.8 cm³/mol. The fraction of sp³-hybridized carbons (Fsp3) is 0.438. The molecule has 2 fully saturated rings. The second-order valence-corrected chi connectivity index (χ2v) is 9.65. The molecule has 0 bridgehead atoms. The average molecular weight is 432 g/mol. The van der Waals surface area contributed by atoms with Crippen LogP contribution in [0.2, 0.25) is 10.0 Å². The summed E-state index contributed by atoms with van der Waals surface area (Å²) in [5, 5.41) is 17.7. The smallest absolute Gasteiger partial charge is 0.320 e. The number of hydrogen-bond acceptors (Lipinski definition) is 6. The first-order valence-electron chi connectivity index (χ1n) is 7.94. The van der Waals surface area contributed by atoms with Crippen molar-refractivity contribution < 1.29 is 23.1 Å². The summed E-state index contributed by atoms with van der Waals surface area (Å²) in [5.74, 6) is -2.07. The zero-order valence-electron chi connectivity index (χ0n) is 13.8.